The molecule has 0 bridgehead atoms. The van der Waals surface area contributed by atoms with E-state index in [0.717, 1.165) is 25.7 Å². The zero-order valence-corrected chi connectivity index (χ0v) is 10.6. The van der Waals surface area contributed by atoms with Crippen molar-refractivity contribution in [3.63, 3.8) is 0 Å². The molecule has 0 spiro atoms. The monoisotopic (exact) mass is 254 g/mol. The van der Waals surface area contributed by atoms with Crippen molar-refractivity contribution in [3.8, 4) is 0 Å². The second-order valence-corrected chi connectivity index (χ2v) is 4.61. The smallest absolute Gasteiger partial charge is 0.243 e. The summed E-state index contributed by atoms with van der Waals surface area (Å²) >= 11 is 0. The van der Waals surface area contributed by atoms with Crippen LogP contribution in [0.3, 0.4) is 0 Å². The molecule has 4 N–H and O–H groups in total. The maximum atomic E-state index is 11.8. The lowest BCUT2D eigenvalue weighted by molar-refractivity contribution is -0.137. The summed E-state index contributed by atoms with van der Waals surface area (Å²) in [6.45, 7) is 0.718. The van der Waals surface area contributed by atoms with Crippen LogP contribution in [-0.4, -0.2) is 37.0 Å². The van der Waals surface area contributed by atoms with Crippen LogP contribution in [0.15, 0.2) is 0 Å². The van der Waals surface area contributed by atoms with Crippen LogP contribution in [-0.2, 0) is 9.59 Å². The number of piperazine rings is 1. The minimum atomic E-state index is -0.434. The van der Waals surface area contributed by atoms with E-state index in [0.29, 0.717) is 25.9 Å². The highest BCUT2D eigenvalue weighted by atomic mass is 16.2. The van der Waals surface area contributed by atoms with Crippen LogP contribution in [0.5, 0.6) is 0 Å². The number of unbranched alkanes of at least 4 members (excludes halogenated alkanes) is 2. The molecule has 0 saturated carbocycles. The van der Waals surface area contributed by atoms with Gasteiger partial charge in [-0.25, -0.2) is 0 Å². The summed E-state index contributed by atoms with van der Waals surface area (Å²) in [5, 5.41) is 5.49. The molecule has 1 rings (SSSR count). The number of hydrogen-bond acceptors (Lipinski definition) is 2. The molecule has 2 unspecified atom stereocenters. The molecule has 1 aliphatic rings. The maximum absolute atomic E-state index is 11.8. The molecule has 2 amide bonds. The lowest BCUT2D eigenvalue weighted by Crippen LogP contribution is -2.61. The van der Waals surface area contributed by atoms with Crippen LogP contribution in [0.25, 0.3) is 11.5 Å². The number of rotatable bonds is 8. The lowest BCUT2D eigenvalue weighted by Gasteiger charge is -2.29. The summed E-state index contributed by atoms with van der Waals surface area (Å²) in [6, 6.07) is -0.868. The average Bonchev–Trinajstić information content (AvgIpc) is 2.35. The Hall–Kier alpha value is -1.14. The van der Waals surface area contributed by atoms with Crippen LogP contribution in [0.4, 0.5) is 0 Å². The van der Waals surface area contributed by atoms with Crippen molar-refractivity contribution in [2.75, 3.05) is 13.1 Å². The Morgan fingerprint density at radius 1 is 0.778 bits per heavy atom. The third-order valence-electron chi connectivity index (χ3n) is 3.11. The van der Waals surface area contributed by atoms with Crippen molar-refractivity contribution in [1.29, 1.82) is 0 Å². The van der Waals surface area contributed by atoms with E-state index < -0.39 is 12.1 Å². The Balaban J connectivity index is 2.34. The summed E-state index contributed by atoms with van der Waals surface area (Å²) in [5.74, 6) is -0.231. The zero-order valence-electron chi connectivity index (χ0n) is 10.6. The SMILES string of the molecule is [NH-]CCCCC1NC(=O)C(CCCC[NH-])NC1=O. The molecule has 6 nitrogen and oxygen atoms in total. The van der Waals surface area contributed by atoms with E-state index in [4.69, 9.17) is 11.5 Å². The van der Waals surface area contributed by atoms with Crippen molar-refractivity contribution in [2.45, 2.75) is 50.6 Å². The van der Waals surface area contributed by atoms with E-state index in [9.17, 15) is 9.59 Å². The molecular formula is C12H22N4O2-2. The van der Waals surface area contributed by atoms with E-state index in [2.05, 4.69) is 10.6 Å². The molecule has 1 aliphatic heterocycles. The fourth-order valence-electron chi connectivity index (χ4n) is 2.03. The summed E-state index contributed by atoms with van der Waals surface area (Å²) < 4.78 is 0. The predicted octanol–water partition coefficient (Wildman–Crippen LogP) is 1.41. The fraction of sp³-hybridized carbons (Fsp3) is 0.833. The van der Waals surface area contributed by atoms with Crippen LogP contribution >= 0.6 is 0 Å². The Bertz CT molecular complexity index is 255. The molecule has 1 saturated heterocycles. The first kappa shape index (κ1) is 14.9. The third kappa shape index (κ3) is 4.62. The molecule has 104 valence electrons. The number of hydrogen-bond donors (Lipinski definition) is 2. The molecule has 6 heteroatoms. The second-order valence-electron chi connectivity index (χ2n) is 4.61. The van der Waals surface area contributed by atoms with Crippen LogP contribution in [0.1, 0.15) is 38.5 Å². The van der Waals surface area contributed by atoms with Crippen molar-refractivity contribution in [3.05, 3.63) is 11.5 Å². The van der Waals surface area contributed by atoms with E-state index in [1.165, 1.54) is 0 Å². The van der Waals surface area contributed by atoms with Gasteiger partial charge in [-0.2, -0.15) is 13.1 Å². The fourth-order valence-corrected chi connectivity index (χ4v) is 2.03. The first-order chi connectivity index (χ1) is 8.69. The molecule has 0 aliphatic carbocycles. The number of amides is 2. The minimum absolute atomic E-state index is 0.115. The minimum Gasteiger partial charge on any atom is -0.677 e. The predicted molar refractivity (Wildman–Crippen MR) is 69.9 cm³/mol. The van der Waals surface area contributed by atoms with Gasteiger partial charge in [-0.05, 0) is 12.8 Å². The van der Waals surface area contributed by atoms with Gasteiger partial charge in [0, 0.05) is 0 Å². The third-order valence-corrected chi connectivity index (χ3v) is 3.11. The normalized spacial score (nSPS) is 23.7. The van der Waals surface area contributed by atoms with Gasteiger partial charge in [0.15, 0.2) is 0 Å². The van der Waals surface area contributed by atoms with Crippen LogP contribution in [0.2, 0.25) is 0 Å². The number of carbonyl (C=O) groups excluding carboxylic acids is 2. The molecule has 0 aromatic rings. The van der Waals surface area contributed by atoms with Gasteiger partial charge in [0.05, 0.1) is 0 Å². The Morgan fingerprint density at radius 2 is 1.17 bits per heavy atom. The molecule has 0 radical (unpaired) electrons. The topological polar surface area (TPSA) is 106 Å². The van der Waals surface area contributed by atoms with Crippen LogP contribution in [0, 0.1) is 0 Å². The van der Waals surface area contributed by atoms with Crippen molar-refractivity contribution >= 4 is 11.8 Å². The summed E-state index contributed by atoms with van der Waals surface area (Å²) in [5.41, 5.74) is 14.1. The highest BCUT2D eigenvalue weighted by molar-refractivity contribution is 5.96. The van der Waals surface area contributed by atoms with Crippen molar-refractivity contribution in [2.24, 2.45) is 0 Å². The Kier molecular flexibility index (Phi) is 6.67. The van der Waals surface area contributed by atoms with Gasteiger partial charge in [0.1, 0.15) is 12.1 Å². The zero-order chi connectivity index (χ0) is 13.4. The van der Waals surface area contributed by atoms with Crippen LogP contribution < -0.4 is 10.6 Å². The van der Waals surface area contributed by atoms with Crippen molar-refractivity contribution < 1.29 is 9.59 Å². The molecule has 1 fully saturated rings. The molecular weight excluding hydrogens is 232 g/mol. The highest BCUT2D eigenvalue weighted by Gasteiger charge is 2.32. The van der Waals surface area contributed by atoms with Gasteiger partial charge in [-0.15, -0.1) is 0 Å². The first-order valence-corrected chi connectivity index (χ1v) is 6.59. The maximum Gasteiger partial charge on any atom is 0.243 e. The van der Waals surface area contributed by atoms with Gasteiger partial charge in [-0.3, -0.25) is 9.59 Å². The van der Waals surface area contributed by atoms with Gasteiger partial charge in [0.2, 0.25) is 11.8 Å². The number of carbonyl (C=O) groups is 2. The van der Waals surface area contributed by atoms with Gasteiger partial charge < -0.3 is 22.1 Å². The number of nitrogens with one attached hydrogen (secondary N) is 4. The second kappa shape index (κ2) is 8.05. The highest BCUT2D eigenvalue weighted by Crippen LogP contribution is 2.10. The van der Waals surface area contributed by atoms with E-state index in [-0.39, 0.29) is 11.8 Å². The van der Waals surface area contributed by atoms with Crippen molar-refractivity contribution in [1.82, 2.24) is 10.6 Å². The molecule has 0 aromatic heterocycles. The molecule has 1 heterocycles. The van der Waals surface area contributed by atoms with Gasteiger partial charge in [-0.1, -0.05) is 25.7 Å². The summed E-state index contributed by atoms with van der Waals surface area (Å²) in [6.07, 6.45) is 4.29. The molecule has 0 aromatic carbocycles. The average molecular weight is 254 g/mol. The lowest BCUT2D eigenvalue weighted by atomic mass is 10.0. The van der Waals surface area contributed by atoms with E-state index in [1.807, 2.05) is 0 Å². The van der Waals surface area contributed by atoms with Gasteiger partial charge in [0.25, 0.3) is 0 Å². The quantitative estimate of drug-likeness (QED) is 0.639. The molecule has 2 atom stereocenters. The standard InChI is InChI=1S/C12H22N4O2/c13-7-3-1-5-9-11(17)16-10(12(18)15-9)6-2-4-8-14/h9-10,13-14H,1-8H2,(H,15,18)(H,16,17)/q-2. The largest absolute Gasteiger partial charge is 0.677 e. The van der Waals surface area contributed by atoms with E-state index >= 15 is 0 Å². The Labute approximate surface area is 108 Å². The first-order valence-electron chi connectivity index (χ1n) is 6.59. The molecule has 18 heavy (non-hydrogen) atoms. The van der Waals surface area contributed by atoms with Gasteiger partial charge >= 0.3 is 0 Å². The summed E-state index contributed by atoms with van der Waals surface area (Å²) in [4.78, 5) is 23.5. The van der Waals surface area contributed by atoms with E-state index in [1.54, 1.807) is 0 Å². The summed E-state index contributed by atoms with van der Waals surface area (Å²) in [7, 11) is 0. The Morgan fingerprint density at radius 3 is 1.50 bits per heavy atom.